The number of imidazole rings is 1. The molecule has 10 heteroatoms. The first-order chi connectivity index (χ1) is 15.1. The van der Waals surface area contributed by atoms with E-state index in [9.17, 15) is 14.4 Å². The molecule has 0 aliphatic carbocycles. The number of nitrogens with zero attached hydrogens (tertiary/aromatic N) is 5. The van der Waals surface area contributed by atoms with Crippen LogP contribution in [-0.4, -0.2) is 61.5 Å². The Balaban J connectivity index is 1.24. The Labute approximate surface area is 177 Å². The molecule has 5 rings (SSSR count). The number of anilines is 1. The van der Waals surface area contributed by atoms with E-state index in [1.165, 1.54) is 12.7 Å². The van der Waals surface area contributed by atoms with Crippen LogP contribution in [0.15, 0.2) is 47.8 Å². The number of nitrogens with one attached hydrogen (secondary N) is 2. The van der Waals surface area contributed by atoms with Crippen LogP contribution in [0, 0.1) is 0 Å². The molecule has 4 heterocycles. The molecule has 2 saturated heterocycles. The van der Waals surface area contributed by atoms with Gasteiger partial charge in [-0.3, -0.25) is 14.4 Å². The Hall–Kier alpha value is -3.69. The van der Waals surface area contributed by atoms with Gasteiger partial charge >= 0.3 is 0 Å². The predicted molar refractivity (Wildman–Crippen MR) is 113 cm³/mol. The first-order valence-corrected chi connectivity index (χ1v) is 10.4. The molecule has 160 valence electrons. The number of H-pyrrole nitrogens is 1. The van der Waals surface area contributed by atoms with Crippen LogP contribution in [-0.2, 0) is 16.1 Å². The maximum atomic E-state index is 12.8. The maximum Gasteiger partial charge on any atom is 0.278 e. The summed E-state index contributed by atoms with van der Waals surface area (Å²) >= 11 is 0. The lowest BCUT2D eigenvalue weighted by molar-refractivity contribution is -0.135. The van der Waals surface area contributed by atoms with E-state index < -0.39 is 5.54 Å². The average molecular weight is 421 g/mol. The van der Waals surface area contributed by atoms with E-state index in [4.69, 9.17) is 0 Å². The van der Waals surface area contributed by atoms with E-state index in [1.54, 1.807) is 4.57 Å². The number of carbonyl (C=O) groups excluding carboxylic acids is 2. The maximum absolute atomic E-state index is 12.8. The van der Waals surface area contributed by atoms with Gasteiger partial charge in [-0.05, 0) is 25.0 Å². The van der Waals surface area contributed by atoms with Crippen molar-refractivity contribution in [3.63, 3.8) is 0 Å². The van der Waals surface area contributed by atoms with Gasteiger partial charge in [-0.15, -0.1) is 0 Å². The third-order valence-corrected chi connectivity index (χ3v) is 6.32. The van der Waals surface area contributed by atoms with Crippen LogP contribution < -0.4 is 15.8 Å². The van der Waals surface area contributed by atoms with Crippen LogP contribution in [0.4, 0.5) is 5.69 Å². The molecule has 0 unspecified atom stereocenters. The molecule has 2 N–H and O–H groups in total. The number of hydrogen-bond donors (Lipinski definition) is 2. The number of aryl methyl sites for hydroxylation is 1. The van der Waals surface area contributed by atoms with E-state index in [1.807, 2.05) is 35.2 Å². The van der Waals surface area contributed by atoms with Gasteiger partial charge in [-0.2, -0.15) is 0 Å². The van der Waals surface area contributed by atoms with Crippen LogP contribution in [0.25, 0.3) is 11.2 Å². The molecule has 0 radical (unpaired) electrons. The zero-order chi connectivity index (χ0) is 21.4. The van der Waals surface area contributed by atoms with Crippen molar-refractivity contribution in [3.05, 3.63) is 53.3 Å². The lowest BCUT2D eigenvalue weighted by Crippen LogP contribution is -2.57. The Bertz CT molecular complexity index is 1180. The predicted octanol–water partition coefficient (Wildman–Crippen LogP) is 0.465. The summed E-state index contributed by atoms with van der Waals surface area (Å²) in [6, 6.07) is 9.90. The van der Waals surface area contributed by atoms with Crippen molar-refractivity contribution in [1.29, 1.82) is 0 Å². The number of piperidine rings is 1. The van der Waals surface area contributed by atoms with Crippen molar-refractivity contribution < 1.29 is 9.59 Å². The summed E-state index contributed by atoms with van der Waals surface area (Å²) < 4.78 is 1.72. The Kier molecular flexibility index (Phi) is 4.68. The van der Waals surface area contributed by atoms with E-state index in [-0.39, 0.29) is 29.3 Å². The highest BCUT2D eigenvalue weighted by Crippen LogP contribution is 2.36. The lowest BCUT2D eigenvalue weighted by Gasteiger charge is -2.43. The van der Waals surface area contributed by atoms with Crippen molar-refractivity contribution in [2.75, 3.05) is 24.7 Å². The van der Waals surface area contributed by atoms with Crippen molar-refractivity contribution in [2.24, 2.45) is 0 Å². The quantitative estimate of drug-likeness (QED) is 0.633. The van der Waals surface area contributed by atoms with Gasteiger partial charge in [0.05, 0.1) is 19.3 Å². The number of aromatic nitrogens is 4. The molecule has 2 aliphatic heterocycles. The molecule has 2 amide bonds. The molecule has 2 aliphatic rings. The molecule has 0 bridgehead atoms. The van der Waals surface area contributed by atoms with Crippen LogP contribution in [0.2, 0.25) is 0 Å². The molecule has 31 heavy (non-hydrogen) atoms. The van der Waals surface area contributed by atoms with E-state index in [2.05, 4.69) is 25.2 Å². The fraction of sp³-hybridized carbons (Fsp3) is 0.381. The van der Waals surface area contributed by atoms with Crippen molar-refractivity contribution in [2.45, 2.75) is 31.3 Å². The summed E-state index contributed by atoms with van der Waals surface area (Å²) in [4.78, 5) is 52.0. The second-order valence-electron chi connectivity index (χ2n) is 7.93. The molecule has 1 aromatic carbocycles. The number of aromatic amines is 1. The molecule has 0 saturated carbocycles. The topological polar surface area (TPSA) is 116 Å². The van der Waals surface area contributed by atoms with Gasteiger partial charge in [0.25, 0.3) is 5.56 Å². The summed E-state index contributed by atoms with van der Waals surface area (Å²) in [6.07, 6.45) is 4.32. The standard InChI is InChI=1S/C21H23N7O3/c29-16(6-9-27-13-24-17-18(27)22-12-23-19(17)30)26-10-7-21(8-11-26)20(31)25-14-28(21)15-4-2-1-3-5-15/h1-5,12-13H,6-11,14H2,(H,25,31)(H,22,23,30). The highest BCUT2D eigenvalue weighted by Gasteiger charge is 2.50. The van der Waals surface area contributed by atoms with E-state index >= 15 is 0 Å². The van der Waals surface area contributed by atoms with Gasteiger partial charge in [0.1, 0.15) is 5.54 Å². The van der Waals surface area contributed by atoms with Crippen molar-refractivity contribution >= 4 is 28.7 Å². The molecule has 0 atom stereocenters. The Morgan fingerprint density at radius 3 is 2.65 bits per heavy atom. The highest BCUT2D eigenvalue weighted by molar-refractivity contribution is 5.93. The first kappa shape index (κ1) is 19.3. The van der Waals surface area contributed by atoms with Gasteiger partial charge in [0.2, 0.25) is 11.8 Å². The summed E-state index contributed by atoms with van der Waals surface area (Å²) in [5, 5.41) is 2.98. The SMILES string of the molecule is O=C(CCn1cnc2c(=O)[nH]cnc21)N1CCC2(CC1)C(=O)NCN2c1ccccc1. The molecular formula is C21H23N7O3. The van der Waals surface area contributed by atoms with Gasteiger partial charge in [-0.1, -0.05) is 18.2 Å². The Morgan fingerprint density at radius 1 is 1.10 bits per heavy atom. The molecule has 2 fully saturated rings. The lowest BCUT2D eigenvalue weighted by atomic mass is 9.85. The van der Waals surface area contributed by atoms with Crippen molar-refractivity contribution in [1.82, 2.24) is 29.7 Å². The molecule has 1 spiro atoms. The Morgan fingerprint density at radius 2 is 1.87 bits per heavy atom. The smallest absolute Gasteiger partial charge is 0.278 e. The normalized spacial score (nSPS) is 18.0. The van der Waals surface area contributed by atoms with Gasteiger partial charge < -0.3 is 24.7 Å². The van der Waals surface area contributed by atoms with Crippen LogP contribution in [0.1, 0.15) is 19.3 Å². The van der Waals surface area contributed by atoms with E-state index in [0.29, 0.717) is 44.8 Å². The summed E-state index contributed by atoms with van der Waals surface area (Å²) in [5.74, 6) is 0.0517. The van der Waals surface area contributed by atoms with Gasteiger partial charge in [0, 0.05) is 31.7 Å². The number of para-hydroxylation sites is 1. The zero-order valence-corrected chi connectivity index (χ0v) is 17.0. The van der Waals surface area contributed by atoms with Crippen molar-refractivity contribution in [3.8, 4) is 0 Å². The fourth-order valence-corrected chi connectivity index (χ4v) is 4.59. The third kappa shape index (κ3) is 3.24. The first-order valence-electron chi connectivity index (χ1n) is 10.4. The van der Waals surface area contributed by atoms with Crippen LogP contribution >= 0.6 is 0 Å². The molecular weight excluding hydrogens is 398 g/mol. The minimum Gasteiger partial charge on any atom is -0.342 e. The van der Waals surface area contributed by atoms with Gasteiger partial charge in [-0.25, -0.2) is 9.97 Å². The number of hydrogen-bond acceptors (Lipinski definition) is 6. The van der Waals surface area contributed by atoms with E-state index in [0.717, 1.165) is 5.69 Å². The molecule has 10 nitrogen and oxygen atoms in total. The minimum absolute atomic E-state index is 0.0196. The number of amides is 2. The average Bonchev–Trinajstić information content (AvgIpc) is 3.36. The highest BCUT2D eigenvalue weighted by atomic mass is 16.2. The molecule has 3 aromatic rings. The fourth-order valence-electron chi connectivity index (χ4n) is 4.59. The van der Waals surface area contributed by atoms with Gasteiger partial charge in [0.15, 0.2) is 11.2 Å². The summed E-state index contributed by atoms with van der Waals surface area (Å²) in [6.45, 7) is 1.93. The van der Waals surface area contributed by atoms with Crippen LogP contribution in [0.3, 0.4) is 0 Å². The number of fused-ring (bicyclic) bond motifs is 1. The second-order valence-corrected chi connectivity index (χ2v) is 7.93. The summed E-state index contributed by atoms with van der Waals surface area (Å²) in [5.41, 5.74) is 0.839. The monoisotopic (exact) mass is 421 g/mol. The van der Waals surface area contributed by atoms with Crippen LogP contribution in [0.5, 0.6) is 0 Å². The zero-order valence-electron chi connectivity index (χ0n) is 17.0. The third-order valence-electron chi connectivity index (χ3n) is 6.32. The number of carbonyl (C=O) groups is 2. The summed E-state index contributed by atoms with van der Waals surface area (Å²) in [7, 11) is 0. The number of likely N-dealkylation sites (tertiary alicyclic amines) is 1. The minimum atomic E-state index is -0.608. The second kappa shape index (κ2) is 7.53. The number of rotatable bonds is 4. The molecule has 2 aromatic heterocycles. The largest absolute Gasteiger partial charge is 0.342 e. The number of benzene rings is 1.